The lowest BCUT2D eigenvalue weighted by atomic mass is 10.2. The second-order valence-electron chi connectivity index (χ2n) is 3.63. The van der Waals surface area contributed by atoms with Crippen molar-refractivity contribution in [1.82, 2.24) is 5.32 Å². The van der Waals surface area contributed by atoms with E-state index in [9.17, 15) is 4.79 Å². The molecule has 0 aliphatic carbocycles. The number of halogens is 3. The Kier molecular flexibility index (Phi) is 7.46. The number of hydrogen-bond donors (Lipinski definition) is 1. The Morgan fingerprint density at radius 1 is 1.35 bits per heavy atom. The summed E-state index contributed by atoms with van der Waals surface area (Å²) in [7, 11) is 0. The molecule has 0 saturated heterocycles. The van der Waals surface area contributed by atoms with Gasteiger partial charge < -0.3 is 5.32 Å². The van der Waals surface area contributed by atoms with E-state index in [-0.39, 0.29) is 5.91 Å². The second-order valence-corrected chi connectivity index (χ2v) is 6.00. The van der Waals surface area contributed by atoms with E-state index in [4.69, 9.17) is 11.6 Å². The zero-order chi connectivity index (χ0) is 12.7. The lowest BCUT2D eigenvalue weighted by Gasteiger charge is -2.06. The van der Waals surface area contributed by atoms with Gasteiger partial charge in [0.25, 0.3) is 5.91 Å². The molecule has 0 bridgehead atoms. The van der Waals surface area contributed by atoms with Gasteiger partial charge in [-0.25, -0.2) is 0 Å². The molecule has 0 spiro atoms. The molecule has 0 atom stereocenters. The fourth-order valence-corrected chi connectivity index (χ4v) is 2.77. The minimum absolute atomic E-state index is 0.0528. The molecule has 0 unspecified atom stereocenters. The number of nitrogens with one attached hydrogen (secondary N) is 1. The number of unbranched alkanes of at least 4 members (excludes halogenated alkanes) is 2. The van der Waals surface area contributed by atoms with Gasteiger partial charge >= 0.3 is 0 Å². The quantitative estimate of drug-likeness (QED) is 0.404. The van der Waals surface area contributed by atoms with Crippen LogP contribution in [0.2, 0.25) is 5.02 Å². The Balaban J connectivity index is 2.42. The van der Waals surface area contributed by atoms with E-state index in [2.05, 4.69) is 43.8 Å². The molecule has 5 heteroatoms. The first kappa shape index (κ1) is 15.2. The molecule has 1 amide bonds. The summed E-state index contributed by atoms with van der Waals surface area (Å²) >= 11 is 11.5. The summed E-state index contributed by atoms with van der Waals surface area (Å²) in [6.07, 6.45) is 3.39. The predicted octanol–water partition coefficient (Wildman–Crippen LogP) is 4.44. The van der Waals surface area contributed by atoms with Gasteiger partial charge in [-0.2, -0.15) is 0 Å². The maximum atomic E-state index is 11.8. The Labute approximate surface area is 129 Å². The molecule has 0 aromatic heterocycles. The number of carbonyl (C=O) groups is 1. The summed E-state index contributed by atoms with van der Waals surface area (Å²) in [4.78, 5) is 11.8. The van der Waals surface area contributed by atoms with Crippen molar-refractivity contribution in [2.45, 2.75) is 19.3 Å². The van der Waals surface area contributed by atoms with Gasteiger partial charge in [-0.05, 0) is 51.4 Å². The highest BCUT2D eigenvalue weighted by Crippen LogP contribution is 2.21. The maximum Gasteiger partial charge on any atom is 0.252 e. The van der Waals surface area contributed by atoms with Crippen molar-refractivity contribution in [2.75, 3.05) is 11.0 Å². The minimum atomic E-state index is -0.0528. The average molecular weight is 431 g/mol. The van der Waals surface area contributed by atoms with Crippen LogP contribution in [0, 0.1) is 0 Å². The van der Waals surface area contributed by atoms with Crippen LogP contribution < -0.4 is 5.32 Å². The smallest absolute Gasteiger partial charge is 0.252 e. The molecule has 94 valence electrons. The van der Waals surface area contributed by atoms with Crippen molar-refractivity contribution in [3.8, 4) is 0 Å². The zero-order valence-electron chi connectivity index (χ0n) is 9.31. The van der Waals surface area contributed by atoms with Crippen LogP contribution in [0.4, 0.5) is 0 Å². The summed E-state index contributed by atoms with van der Waals surface area (Å²) in [5.74, 6) is -0.0528. The molecule has 0 fully saturated rings. The summed E-state index contributed by atoms with van der Waals surface area (Å²) in [6.45, 7) is 0.727. The Hall–Kier alpha value is 0.190. The summed E-state index contributed by atoms with van der Waals surface area (Å²) < 4.78 is 1.91. The van der Waals surface area contributed by atoms with Crippen LogP contribution in [0.1, 0.15) is 29.6 Å². The SMILES string of the molecule is O=C(NCCCCCI)c1ccc(Cl)cc1Br. The third kappa shape index (κ3) is 5.57. The highest BCUT2D eigenvalue weighted by molar-refractivity contribution is 14.1. The van der Waals surface area contributed by atoms with Crippen molar-refractivity contribution >= 4 is 56.0 Å². The second kappa shape index (κ2) is 8.32. The highest BCUT2D eigenvalue weighted by atomic mass is 127. The van der Waals surface area contributed by atoms with E-state index in [1.807, 2.05) is 0 Å². The summed E-state index contributed by atoms with van der Waals surface area (Å²) in [5.41, 5.74) is 0.628. The lowest BCUT2D eigenvalue weighted by molar-refractivity contribution is 0.0952. The molecule has 1 rings (SSSR count). The molecule has 0 saturated carbocycles. The first-order valence-corrected chi connectivity index (χ1v) is 8.14. The highest BCUT2D eigenvalue weighted by Gasteiger charge is 2.09. The third-order valence-electron chi connectivity index (χ3n) is 2.27. The number of benzene rings is 1. The van der Waals surface area contributed by atoms with Crippen molar-refractivity contribution in [1.29, 1.82) is 0 Å². The molecule has 1 N–H and O–H groups in total. The van der Waals surface area contributed by atoms with E-state index in [1.54, 1.807) is 18.2 Å². The Bertz CT molecular complexity index is 387. The summed E-state index contributed by atoms with van der Waals surface area (Å²) in [6, 6.07) is 5.18. The fourth-order valence-electron chi connectivity index (χ4n) is 1.37. The van der Waals surface area contributed by atoms with Gasteiger partial charge in [0.05, 0.1) is 5.56 Å². The minimum Gasteiger partial charge on any atom is -0.352 e. The molecule has 1 aromatic carbocycles. The number of amides is 1. The predicted molar refractivity (Wildman–Crippen MR) is 84.2 cm³/mol. The van der Waals surface area contributed by atoms with E-state index in [0.29, 0.717) is 10.6 Å². The van der Waals surface area contributed by atoms with Gasteiger partial charge in [-0.1, -0.05) is 40.6 Å². The lowest BCUT2D eigenvalue weighted by Crippen LogP contribution is -2.24. The van der Waals surface area contributed by atoms with Crippen molar-refractivity contribution in [3.05, 3.63) is 33.3 Å². The standard InChI is InChI=1S/C12H14BrClINO/c13-11-8-9(14)4-5-10(11)12(17)16-7-3-1-2-6-15/h4-5,8H,1-3,6-7H2,(H,16,17). The Morgan fingerprint density at radius 2 is 2.12 bits per heavy atom. The fraction of sp³-hybridized carbons (Fsp3) is 0.417. The van der Waals surface area contributed by atoms with Gasteiger partial charge in [0.1, 0.15) is 0 Å². The van der Waals surface area contributed by atoms with Crippen molar-refractivity contribution < 1.29 is 4.79 Å². The van der Waals surface area contributed by atoms with Crippen LogP contribution in [0.15, 0.2) is 22.7 Å². The topological polar surface area (TPSA) is 29.1 Å². The molecular weight excluding hydrogens is 416 g/mol. The first-order chi connectivity index (χ1) is 8.15. The number of alkyl halides is 1. The molecule has 0 aliphatic heterocycles. The van der Waals surface area contributed by atoms with Crippen LogP contribution in [0.3, 0.4) is 0 Å². The molecule has 1 aromatic rings. The molecular formula is C12H14BrClINO. The molecule has 0 aliphatic rings. The number of carbonyl (C=O) groups excluding carboxylic acids is 1. The van der Waals surface area contributed by atoms with E-state index in [1.165, 1.54) is 10.8 Å². The summed E-state index contributed by atoms with van der Waals surface area (Å²) in [5, 5.41) is 3.52. The van der Waals surface area contributed by atoms with Crippen molar-refractivity contribution in [3.63, 3.8) is 0 Å². The normalized spacial score (nSPS) is 10.3. The van der Waals surface area contributed by atoms with E-state index in [0.717, 1.165) is 23.9 Å². The zero-order valence-corrected chi connectivity index (χ0v) is 13.8. The maximum absolute atomic E-state index is 11.8. The van der Waals surface area contributed by atoms with Gasteiger partial charge in [0.15, 0.2) is 0 Å². The van der Waals surface area contributed by atoms with E-state index < -0.39 is 0 Å². The van der Waals surface area contributed by atoms with Crippen LogP contribution in [-0.4, -0.2) is 16.9 Å². The van der Waals surface area contributed by atoms with Gasteiger partial charge in [-0.3, -0.25) is 4.79 Å². The van der Waals surface area contributed by atoms with Gasteiger partial charge in [0.2, 0.25) is 0 Å². The van der Waals surface area contributed by atoms with Gasteiger partial charge in [-0.15, -0.1) is 0 Å². The third-order valence-corrected chi connectivity index (χ3v) is 3.93. The monoisotopic (exact) mass is 429 g/mol. The molecule has 0 radical (unpaired) electrons. The largest absolute Gasteiger partial charge is 0.352 e. The van der Waals surface area contributed by atoms with Crippen LogP contribution in [0.25, 0.3) is 0 Å². The van der Waals surface area contributed by atoms with E-state index >= 15 is 0 Å². The van der Waals surface area contributed by atoms with Crippen molar-refractivity contribution in [2.24, 2.45) is 0 Å². The van der Waals surface area contributed by atoms with Crippen LogP contribution in [-0.2, 0) is 0 Å². The van der Waals surface area contributed by atoms with Crippen LogP contribution in [0.5, 0.6) is 0 Å². The Morgan fingerprint density at radius 3 is 2.76 bits per heavy atom. The van der Waals surface area contributed by atoms with Crippen LogP contribution >= 0.6 is 50.1 Å². The average Bonchev–Trinajstić information content (AvgIpc) is 2.28. The molecule has 0 heterocycles. The number of hydrogen-bond acceptors (Lipinski definition) is 1. The first-order valence-electron chi connectivity index (χ1n) is 5.44. The molecule has 2 nitrogen and oxygen atoms in total. The van der Waals surface area contributed by atoms with Gasteiger partial charge in [0, 0.05) is 16.0 Å². The number of rotatable bonds is 6. The molecule has 17 heavy (non-hydrogen) atoms.